The summed E-state index contributed by atoms with van der Waals surface area (Å²) in [5, 5.41) is 48.7. The van der Waals surface area contributed by atoms with Crippen LogP contribution in [0.15, 0.2) is 79.6 Å². The number of amides is 3. The molecule has 0 aliphatic carbocycles. The molecule has 0 unspecified atom stereocenters. The lowest BCUT2D eigenvalue weighted by Gasteiger charge is -2.35. The maximum Gasteiger partial charge on any atom is 0.219 e. The number of nitriles is 2. The van der Waals surface area contributed by atoms with Crippen LogP contribution in [-0.4, -0.2) is 170 Å². The molecule has 0 spiro atoms. The van der Waals surface area contributed by atoms with Crippen LogP contribution in [0.5, 0.6) is 0 Å². The van der Waals surface area contributed by atoms with E-state index in [1.165, 1.54) is 50.6 Å². The van der Waals surface area contributed by atoms with E-state index in [-0.39, 0.29) is 35.8 Å². The molecule has 6 aromatic heterocycles. The molecule has 544 valence electrons. The van der Waals surface area contributed by atoms with Gasteiger partial charge in [0.15, 0.2) is 17.5 Å². The molecule has 18 rings (SSSR count). The highest BCUT2D eigenvalue weighted by Gasteiger charge is 2.40. The normalized spacial score (nSPS) is 20.9. The number of carbonyl (C=O) groups excluding carboxylic acids is 3. The van der Waals surface area contributed by atoms with Gasteiger partial charge in [-0.25, -0.2) is 0 Å². The van der Waals surface area contributed by atoms with Crippen LogP contribution in [0.4, 0.5) is 34.5 Å². The number of carbonyl (C=O) groups is 3. The van der Waals surface area contributed by atoms with Crippen LogP contribution in [-0.2, 0) is 95.1 Å². The summed E-state index contributed by atoms with van der Waals surface area (Å²) in [6.07, 6.45) is 20.9. The van der Waals surface area contributed by atoms with E-state index in [0.717, 1.165) is 185 Å². The van der Waals surface area contributed by atoms with Gasteiger partial charge in [-0.05, 0) is 115 Å². The van der Waals surface area contributed by atoms with Gasteiger partial charge >= 0.3 is 0 Å². The molecule has 15 heterocycles. The highest BCUT2D eigenvalue weighted by molar-refractivity contribution is 5.83. The quantitative estimate of drug-likeness (QED) is 0.130. The number of hydrogen-bond acceptors (Lipinski definition) is 17. The predicted octanol–water partition coefficient (Wildman–Crippen LogP) is 10.6. The molecule has 9 aliphatic heterocycles. The van der Waals surface area contributed by atoms with Gasteiger partial charge in [-0.15, -0.1) is 0 Å². The number of benzene rings is 3. The lowest BCUT2D eigenvalue weighted by molar-refractivity contribution is -0.130. The number of hydrogen-bond donors (Lipinski definition) is 0. The number of fused-ring (bicyclic) bond motifs is 6. The summed E-state index contributed by atoms with van der Waals surface area (Å²) in [7, 11) is 5.72. The van der Waals surface area contributed by atoms with E-state index in [2.05, 4.69) is 107 Å². The first-order valence-corrected chi connectivity index (χ1v) is 37.4. The Morgan fingerprint density at radius 2 is 0.848 bits per heavy atom. The van der Waals surface area contributed by atoms with E-state index in [9.17, 15) is 24.9 Å². The SMILES string of the molecule is CC(=O)N1CCc2c(c(N3CCCc4cc(-c5cnn(C)c5)ccc43)nn2[C@H]2CCOC2)C1.CC(=O)N1CCc2c(c(N3CC[C@@H](C)c4cc(-c5cnn(C)c5)c(C#N)cc43)nn2[C@H]2CCOC2)C1.CC(=O)N1CCc2c(c(N3CC[C@H](C)c4cc(-c5cnn(C)c5)c(C#N)cc43)nn2[C@H]2CCOC2)C1. The van der Waals surface area contributed by atoms with Gasteiger partial charge in [0.2, 0.25) is 17.7 Å². The van der Waals surface area contributed by atoms with Gasteiger partial charge in [0.05, 0.1) is 99.4 Å². The highest BCUT2D eigenvalue weighted by atomic mass is 16.5. The van der Waals surface area contributed by atoms with Crippen molar-refractivity contribution in [3.63, 3.8) is 0 Å². The first-order chi connectivity index (χ1) is 51.0. The van der Waals surface area contributed by atoms with Gasteiger partial charge < -0.3 is 43.6 Å². The van der Waals surface area contributed by atoms with Gasteiger partial charge in [-0.2, -0.15) is 41.1 Å². The van der Waals surface area contributed by atoms with E-state index < -0.39 is 0 Å². The second-order valence-electron chi connectivity index (χ2n) is 29.8. The Bertz CT molecular complexity index is 4710. The van der Waals surface area contributed by atoms with Crippen LogP contribution >= 0.6 is 0 Å². The van der Waals surface area contributed by atoms with E-state index in [4.69, 9.17) is 29.5 Å². The number of ether oxygens (including phenoxy) is 3. The third kappa shape index (κ3) is 13.0. The first-order valence-electron chi connectivity index (χ1n) is 37.4. The zero-order valence-corrected chi connectivity index (χ0v) is 61.5. The molecule has 0 radical (unpaired) electrons. The van der Waals surface area contributed by atoms with Crippen molar-refractivity contribution in [2.75, 3.05) is 93.6 Å². The molecule has 3 saturated heterocycles. The minimum absolute atomic E-state index is 0.0871. The van der Waals surface area contributed by atoms with Crippen molar-refractivity contribution in [2.45, 2.75) is 148 Å². The second-order valence-corrected chi connectivity index (χ2v) is 29.8. The Kier molecular flexibility index (Phi) is 18.8. The van der Waals surface area contributed by atoms with Crippen LogP contribution in [0.2, 0.25) is 0 Å². The van der Waals surface area contributed by atoms with Crippen LogP contribution in [0.25, 0.3) is 33.4 Å². The Morgan fingerprint density at radius 3 is 1.20 bits per heavy atom. The molecule has 3 amide bonds. The molecule has 0 saturated carbocycles. The molecular weight excluding hydrogens is 1330 g/mol. The molecule has 26 nitrogen and oxygen atoms in total. The van der Waals surface area contributed by atoms with Gasteiger partial charge in [0, 0.05) is 218 Å². The standard InChI is InChI=1S/2C27H31N7O2.C25H30N6O2/c2*1-17-4-8-33(26-10-19(12-28)23(11-22(17)26)20-13-29-31(3)14-20)27-24-15-32(18(2)35)7-5-25(24)34(30-27)21-6-9-36-16-21;1-17(32)29-10-7-24-22(15-29)25(27-31(24)21-8-11-33-16-21)30-9-3-4-19-12-18(5-6-23(19)30)20-13-26-28(2)14-20/h2*10-11,13-14,17,21H,4-9,15-16H2,1-3H3;5-6,12-14,21H,3-4,7-11,15-16H2,1-2H3/t17-,21+;17-,21-;21-/m100/s1. The molecule has 0 bridgehead atoms. The Hall–Kier alpha value is -10.4. The van der Waals surface area contributed by atoms with Crippen molar-refractivity contribution >= 4 is 52.2 Å². The summed E-state index contributed by atoms with van der Waals surface area (Å²) >= 11 is 0. The minimum Gasteiger partial charge on any atom is -0.379 e. The number of aryl methyl sites for hydroxylation is 4. The molecule has 3 fully saturated rings. The fourth-order valence-corrected chi connectivity index (χ4v) is 17.2. The summed E-state index contributed by atoms with van der Waals surface area (Å²) < 4.78 is 29.0. The molecule has 9 aliphatic rings. The molecule has 0 N–H and O–H groups in total. The number of anilines is 6. The Balaban J connectivity index is 0.000000121. The van der Waals surface area contributed by atoms with Crippen LogP contribution in [0, 0.1) is 22.7 Å². The molecule has 26 heteroatoms. The van der Waals surface area contributed by atoms with Crippen molar-refractivity contribution in [3.05, 3.63) is 141 Å². The maximum atomic E-state index is 12.3. The summed E-state index contributed by atoms with van der Waals surface area (Å²) in [6, 6.07) is 20.6. The third-order valence-electron chi connectivity index (χ3n) is 23.1. The third-order valence-corrected chi connectivity index (χ3v) is 23.1. The zero-order chi connectivity index (χ0) is 72.5. The lowest BCUT2D eigenvalue weighted by Crippen LogP contribution is -2.36. The van der Waals surface area contributed by atoms with Crippen molar-refractivity contribution in [1.82, 2.24) is 73.4 Å². The largest absolute Gasteiger partial charge is 0.379 e. The maximum absolute atomic E-state index is 12.3. The number of aromatic nitrogens is 12. The monoisotopic (exact) mass is 1420 g/mol. The van der Waals surface area contributed by atoms with E-state index in [0.29, 0.717) is 68.9 Å². The average Bonchev–Trinajstić information content (AvgIpc) is 1.60. The summed E-state index contributed by atoms with van der Waals surface area (Å²) in [5.74, 6) is 3.85. The average molecular weight is 1420 g/mol. The summed E-state index contributed by atoms with van der Waals surface area (Å²) in [5.41, 5.74) is 21.5. The lowest BCUT2D eigenvalue weighted by atomic mass is 9.87. The smallest absolute Gasteiger partial charge is 0.219 e. The predicted molar refractivity (Wildman–Crippen MR) is 395 cm³/mol. The number of nitrogens with zero attached hydrogens (tertiary/aromatic N) is 20. The summed E-state index contributed by atoms with van der Waals surface area (Å²) in [6.45, 7) is 20.3. The van der Waals surface area contributed by atoms with Crippen LogP contribution in [0.3, 0.4) is 0 Å². The fourth-order valence-electron chi connectivity index (χ4n) is 17.2. The van der Waals surface area contributed by atoms with Crippen molar-refractivity contribution in [3.8, 4) is 45.5 Å². The van der Waals surface area contributed by atoms with Gasteiger partial charge in [-0.1, -0.05) is 19.9 Å². The molecule has 9 aromatic rings. The molecule has 5 atom stereocenters. The van der Waals surface area contributed by atoms with E-state index in [1.807, 2.05) is 83.6 Å². The second kappa shape index (κ2) is 28.6. The van der Waals surface area contributed by atoms with Crippen molar-refractivity contribution in [2.24, 2.45) is 21.1 Å². The molecule has 105 heavy (non-hydrogen) atoms. The highest BCUT2D eigenvalue weighted by Crippen LogP contribution is 2.48. The van der Waals surface area contributed by atoms with Crippen LogP contribution in [0.1, 0.15) is 165 Å². The van der Waals surface area contributed by atoms with E-state index >= 15 is 0 Å². The van der Waals surface area contributed by atoms with Gasteiger partial charge in [0.1, 0.15) is 0 Å². The van der Waals surface area contributed by atoms with E-state index in [1.54, 1.807) is 30.1 Å². The first kappa shape index (κ1) is 69.0. The number of rotatable bonds is 9. The summed E-state index contributed by atoms with van der Waals surface area (Å²) in [4.78, 5) is 49.4. The Labute approximate surface area is 611 Å². The van der Waals surface area contributed by atoms with Crippen molar-refractivity contribution in [1.29, 1.82) is 10.5 Å². The van der Waals surface area contributed by atoms with Crippen LogP contribution < -0.4 is 14.7 Å². The van der Waals surface area contributed by atoms with Crippen molar-refractivity contribution < 1.29 is 28.6 Å². The zero-order valence-electron chi connectivity index (χ0n) is 61.5. The topological polar surface area (TPSA) is 253 Å². The minimum atomic E-state index is 0.0871. The molecule has 3 aromatic carbocycles. The molecular formula is C79H92N20O6. The fraction of sp³-hybridized carbons (Fsp3) is 0.481. The van der Waals surface area contributed by atoms with Gasteiger partial charge in [0.25, 0.3) is 0 Å². The Morgan fingerprint density at radius 1 is 0.457 bits per heavy atom. The van der Waals surface area contributed by atoms with Gasteiger partial charge in [-0.3, -0.25) is 42.5 Å².